The van der Waals surface area contributed by atoms with Gasteiger partial charge in [-0.1, -0.05) is 24.3 Å². The van der Waals surface area contributed by atoms with E-state index in [2.05, 4.69) is 10.6 Å². The molecular weight excluding hydrogens is 383 g/mol. The maximum Gasteiger partial charge on any atom is 0.307 e. The van der Waals surface area contributed by atoms with Gasteiger partial charge >= 0.3 is 5.97 Å². The molecule has 2 aromatic rings. The van der Waals surface area contributed by atoms with Crippen molar-refractivity contribution in [3.8, 4) is 0 Å². The molecule has 1 aromatic carbocycles. The third kappa shape index (κ3) is 3.20. The molecule has 28 heavy (non-hydrogen) atoms. The number of thiophene rings is 1. The van der Waals surface area contributed by atoms with Crippen molar-refractivity contribution in [1.29, 1.82) is 0 Å². The second kappa shape index (κ2) is 7.20. The van der Waals surface area contributed by atoms with E-state index in [9.17, 15) is 23.9 Å². The summed E-state index contributed by atoms with van der Waals surface area (Å²) in [5, 5.41) is 16.7. The Kier molecular flexibility index (Phi) is 4.72. The molecule has 4 rings (SSSR count). The fourth-order valence-corrected chi connectivity index (χ4v) is 4.84. The molecule has 0 aliphatic heterocycles. The van der Waals surface area contributed by atoms with E-state index in [1.807, 2.05) is 12.2 Å². The van der Waals surface area contributed by atoms with Crippen LogP contribution in [0.1, 0.15) is 16.8 Å². The van der Waals surface area contributed by atoms with Crippen LogP contribution in [0.4, 0.5) is 15.1 Å². The van der Waals surface area contributed by atoms with Crippen LogP contribution in [0.2, 0.25) is 0 Å². The van der Waals surface area contributed by atoms with Crippen molar-refractivity contribution >= 4 is 39.8 Å². The van der Waals surface area contributed by atoms with Gasteiger partial charge in [-0.2, -0.15) is 0 Å². The van der Waals surface area contributed by atoms with Crippen LogP contribution in [0, 0.1) is 29.5 Å². The number of hydrogen-bond acceptors (Lipinski definition) is 4. The second-order valence-corrected chi connectivity index (χ2v) is 7.84. The molecule has 2 aliphatic rings. The lowest BCUT2D eigenvalue weighted by atomic mass is 9.82. The van der Waals surface area contributed by atoms with Crippen molar-refractivity contribution in [2.45, 2.75) is 6.42 Å². The number of carbonyl (C=O) groups excluding carboxylic acids is 2. The number of anilines is 2. The fourth-order valence-electron chi connectivity index (χ4n) is 4.05. The molecule has 2 amide bonds. The summed E-state index contributed by atoms with van der Waals surface area (Å²) in [6.45, 7) is 0. The van der Waals surface area contributed by atoms with E-state index >= 15 is 0 Å². The maximum absolute atomic E-state index is 13.8. The molecule has 4 atom stereocenters. The predicted molar refractivity (Wildman–Crippen MR) is 103 cm³/mol. The quantitative estimate of drug-likeness (QED) is 0.668. The molecule has 3 N–H and O–H groups in total. The van der Waals surface area contributed by atoms with Crippen molar-refractivity contribution in [1.82, 2.24) is 0 Å². The van der Waals surface area contributed by atoms with Crippen LogP contribution in [0.15, 0.2) is 47.9 Å². The minimum Gasteiger partial charge on any atom is -0.481 e. The number of carbonyl (C=O) groups is 3. The molecule has 1 aromatic heterocycles. The Labute approximate surface area is 164 Å². The van der Waals surface area contributed by atoms with E-state index in [1.54, 1.807) is 11.4 Å². The Morgan fingerprint density at radius 3 is 2.46 bits per heavy atom. The van der Waals surface area contributed by atoms with Gasteiger partial charge in [0.15, 0.2) is 0 Å². The number of carboxylic acid groups (broad SMARTS) is 1. The lowest BCUT2D eigenvalue weighted by Gasteiger charge is -2.23. The average Bonchev–Trinajstić information content (AvgIpc) is 3.38. The minimum atomic E-state index is -0.985. The van der Waals surface area contributed by atoms with Crippen LogP contribution in [0.5, 0.6) is 0 Å². The van der Waals surface area contributed by atoms with Gasteiger partial charge in [-0.05, 0) is 41.8 Å². The number of fused-ring (bicyclic) bond motifs is 2. The summed E-state index contributed by atoms with van der Waals surface area (Å²) in [6, 6.07) is 7.33. The molecular formula is C20H17FN2O4S. The predicted octanol–water partition coefficient (Wildman–Crippen LogP) is 3.60. The highest BCUT2D eigenvalue weighted by atomic mass is 32.1. The molecule has 0 radical (unpaired) electrons. The summed E-state index contributed by atoms with van der Waals surface area (Å²) in [4.78, 5) is 36.9. The second-order valence-electron chi connectivity index (χ2n) is 6.92. The first-order valence-corrected chi connectivity index (χ1v) is 9.69. The summed E-state index contributed by atoms with van der Waals surface area (Å²) < 4.78 is 13.8. The van der Waals surface area contributed by atoms with Crippen LogP contribution in [0.25, 0.3) is 0 Å². The SMILES string of the molecule is O=C(Nc1ccccc1F)c1ccsc1NC(=O)[C@H]1[C@@H](C(=O)O)[C@H]2C=C[C@H]1C2. The maximum atomic E-state index is 13.8. The van der Waals surface area contributed by atoms with E-state index in [4.69, 9.17) is 0 Å². The number of allylic oxidation sites excluding steroid dienone is 2. The molecule has 1 heterocycles. The van der Waals surface area contributed by atoms with Gasteiger partial charge in [-0.15, -0.1) is 11.3 Å². The highest BCUT2D eigenvalue weighted by Gasteiger charge is 2.51. The summed E-state index contributed by atoms with van der Waals surface area (Å²) in [5.74, 6) is -4.18. The van der Waals surface area contributed by atoms with Gasteiger partial charge in [0, 0.05) is 0 Å². The number of halogens is 1. The Hall–Kier alpha value is -3.00. The zero-order chi connectivity index (χ0) is 19.8. The van der Waals surface area contributed by atoms with Crippen LogP contribution >= 0.6 is 11.3 Å². The van der Waals surface area contributed by atoms with E-state index in [0.717, 1.165) is 11.3 Å². The summed E-state index contributed by atoms with van der Waals surface area (Å²) in [6.07, 6.45) is 4.42. The van der Waals surface area contributed by atoms with Crippen LogP contribution in [-0.4, -0.2) is 22.9 Å². The van der Waals surface area contributed by atoms with Crippen molar-refractivity contribution in [2.24, 2.45) is 23.7 Å². The van der Waals surface area contributed by atoms with Gasteiger partial charge in [0.05, 0.1) is 23.1 Å². The Balaban J connectivity index is 1.51. The first-order valence-electron chi connectivity index (χ1n) is 8.81. The zero-order valence-electron chi connectivity index (χ0n) is 14.6. The molecule has 2 aliphatic carbocycles. The monoisotopic (exact) mass is 400 g/mol. The number of para-hydroxylation sites is 1. The molecule has 8 heteroatoms. The summed E-state index contributed by atoms with van der Waals surface area (Å²) in [5.41, 5.74) is 0.243. The standard InChI is InChI=1S/C20H17FN2O4S/c21-13-3-1-2-4-14(13)22-17(24)12-7-8-28-19(12)23-18(25)15-10-5-6-11(9-10)16(15)20(26)27/h1-8,10-11,15-16H,9H2,(H,22,24)(H,23,25)(H,26,27)/t10-,11-,15+,16-/m0/s1. The van der Waals surface area contributed by atoms with Gasteiger partial charge in [-0.3, -0.25) is 14.4 Å². The Bertz CT molecular complexity index is 986. The molecule has 1 saturated carbocycles. The van der Waals surface area contributed by atoms with E-state index in [1.165, 1.54) is 24.3 Å². The number of hydrogen-bond donors (Lipinski definition) is 3. The van der Waals surface area contributed by atoms with Crippen LogP contribution in [-0.2, 0) is 9.59 Å². The topological polar surface area (TPSA) is 95.5 Å². The molecule has 6 nitrogen and oxygen atoms in total. The molecule has 2 bridgehead atoms. The van der Waals surface area contributed by atoms with Crippen molar-refractivity contribution in [2.75, 3.05) is 10.6 Å². The van der Waals surface area contributed by atoms with Gasteiger partial charge in [0.25, 0.3) is 5.91 Å². The van der Waals surface area contributed by atoms with Crippen molar-refractivity contribution in [3.63, 3.8) is 0 Å². The van der Waals surface area contributed by atoms with Gasteiger partial charge in [0.2, 0.25) is 5.91 Å². The third-order valence-corrected chi connectivity index (χ3v) is 6.15. The van der Waals surface area contributed by atoms with Gasteiger partial charge in [0.1, 0.15) is 10.8 Å². The van der Waals surface area contributed by atoms with Gasteiger partial charge < -0.3 is 15.7 Å². The number of rotatable bonds is 5. The smallest absolute Gasteiger partial charge is 0.307 e. The lowest BCUT2D eigenvalue weighted by Crippen LogP contribution is -2.36. The molecule has 144 valence electrons. The normalized spacial score (nSPS) is 24.9. The largest absolute Gasteiger partial charge is 0.481 e. The van der Waals surface area contributed by atoms with E-state index in [0.29, 0.717) is 11.4 Å². The first-order chi connectivity index (χ1) is 13.5. The number of amides is 2. The summed E-state index contributed by atoms with van der Waals surface area (Å²) in [7, 11) is 0. The lowest BCUT2D eigenvalue weighted by molar-refractivity contribution is -0.146. The van der Waals surface area contributed by atoms with E-state index in [-0.39, 0.29) is 23.1 Å². The highest BCUT2D eigenvalue weighted by Crippen LogP contribution is 2.48. The number of aliphatic carboxylic acids is 1. The Morgan fingerprint density at radius 1 is 1.04 bits per heavy atom. The van der Waals surface area contributed by atoms with E-state index < -0.39 is 35.4 Å². The van der Waals surface area contributed by atoms with Crippen molar-refractivity contribution < 1.29 is 23.9 Å². The number of benzene rings is 1. The minimum absolute atomic E-state index is 0.0418. The number of carboxylic acids is 1. The van der Waals surface area contributed by atoms with Crippen molar-refractivity contribution in [3.05, 3.63) is 59.2 Å². The average molecular weight is 400 g/mol. The highest BCUT2D eigenvalue weighted by molar-refractivity contribution is 7.14. The third-order valence-electron chi connectivity index (χ3n) is 5.32. The summed E-state index contributed by atoms with van der Waals surface area (Å²) >= 11 is 1.16. The Morgan fingerprint density at radius 2 is 1.75 bits per heavy atom. The fraction of sp³-hybridized carbons (Fsp3) is 0.250. The molecule has 0 unspecified atom stereocenters. The van der Waals surface area contributed by atoms with Gasteiger partial charge in [-0.25, -0.2) is 4.39 Å². The molecule has 0 saturated heterocycles. The first kappa shape index (κ1) is 18.4. The molecule has 1 fully saturated rings. The molecule has 0 spiro atoms. The van der Waals surface area contributed by atoms with Crippen LogP contribution in [0.3, 0.4) is 0 Å². The number of nitrogens with one attached hydrogen (secondary N) is 2. The zero-order valence-corrected chi connectivity index (χ0v) is 15.4. The van der Waals surface area contributed by atoms with Crippen LogP contribution < -0.4 is 10.6 Å².